The second-order valence-corrected chi connectivity index (χ2v) is 5.71. The quantitative estimate of drug-likeness (QED) is 0.606. The maximum atomic E-state index is 6.24. The Morgan fingerprint density at radius 1 is 1.41 bits per heavy atom. The molecule has 0 aromatic heterocycles. The van der Waals surface area contributed by atoms with Crippen LogP contribution in [-0.4, -0.2) is 25.5 Å². The fourth-order valence-electron chi connectivity index (χ4n) is 1.32. The SMILES string of the molecule is COCCSc1ccc(CNC(C)C)c(Cl)c1. The molecule has 0 amide bonds. The van der Waals surface area contributed by atoms with Gasteiger partial charge in [-0.25, -0.2) is 0 Å². The molecule has 4 heteroatoms. The van der Waals surface area contributed by atoms with Crippen molar-refractivity contribution in [2.24, 2.45) is 0 Å². The molecule has 0 aliphatic heterocycles. The summed E-state index contributed by atoms with van der Waals surface area (Å²) in [6, 6.07) is 6.71. The molecule has 17 heavy (non-hydrogen) atoms. The van der Waals surface area contributed by atoms with Gasteiger partial charge in [-0.15, -0.1) is 11.8 Å². The molecular formula is C13H20ClNOS. The highest BCUT2D eigenvalue weighted by molar-refractivity contribution is 7.99. The third-order valence-corrected chi connectivity index (χ3v) is 3.59. The molecule has 2 nitrogen and oxygen atoms in total. The number of hydrogen-bond donors (Lipinski definition) is 1. The van der Waals surface area contributed by atoms with Crippen molar-refractivity contribution in [1.29, 1.82) is 0 Å². The molecule has 0 aliphatic carbocycles. The average molecular weight is 274 g/mol. The fourth-order valence-corrected chi connectivity index (χ4v) is 2.48. The number of benzene rings is 1. The van der Waals surface area contributed by atoms with Crippen LogP contribution in [0.15, 0.2) is 23.1 Å². The molecule has 0 spiro atoms. The number of halogens is 1. The lowest BCUT2D eigenvalue weighted by atomic mass is 10.2. The number of methoxy groups -OCH3 is 1. The Balaban J connectivity index is 2.53. The molecule has 96 valence electrons. The van der Waals surface area contributed by atoms with E-state index in [1.807, 2.05) is 6.07 Å². The Bertz CT molecular complexity index is 344. The second kappa shape index (κ2) is 7.98. The van der Waals surface area contributed by atoms with Gasteiger partial charge in [0.2, 0.25) is 0 Å². The van der Waals surface area contributed by atoms with Crippen LogP contribution in [0.5, 0.6) is 0 Å². The van der Waals surface area contributed by atoms with Crippen molar-refractivity contribution in [3.63, 3.8) is 0 Å². The zero-order valence-electron chi connectivity index (χ0n) is 10.6. The average Bonchev–Trinajstić information content (AvgIpc) is 2.28. The van der Waals surface area contributed by atoms with E-state index in [2.05, 4.69) is 31.3 Å². The summed E-state index contributed by atoms with van der Waals surface area (Å²) in [6.07, 6.45) is 0. The van der Waals surface area contributed by atoms with Crippen LogP contribution >= 0.6 is 23.4 Å². The summed E-state index contributed by atoms with van der Waals surface area (Å²) >= 11 is 8.00. The van der Waals surface area contributed by atoms with Crippen molar-refractivity contribution in [3.05, 3.63) is 28.8 Å². The van der Waals surface area contributed by atoms with Gasteiger partial charge in [-0.3, -0.25) is 0 Å². The summed E-state index contributed by atoms with van der Waals surface area (Å²) in [7, 11) is 1.72. The maximum absolute atomic E-state index is 6.24. The van der Waals surface area contributed by atoms with Gasteiger partial charge in [0.05, 0.1) is 6.61 Å². The molecular weight excluding hydrogens is 254 g/mol. The Kier molecular flexibility index (Phi) is 6.97. The molecule has 0 atom stereocenters. The smallest absolute Gasteiger partial charge is 0.0556 e. The minimum Gasteiger partial charge on any atom is -0.384 e. The normalized spacial score (nSPS) is 11.1. The largest absolute Gasteiger partial charge is 0.384 e. The highest BCUT2D eigenvalue weighted by atomic mass is 35.5. The van der Waals surface area contributed by atoms with Gasteiger partial charge in [-0.05, 0) is 17.7 Å². The Morgan fingerprint density at radius 3 is 2.76 bits per heavy atom. The standard InChI is InChI=1S/C13H20ClNOS/c1-10(2)15-9-11-4-5-12(8-13(11)14)17-7-6-16-3/h4-5,8,10,15H,6-7,9H2,1-3H3. The van der Waals surface area contributed by atoms with Crippen LogP contribution in [0, 0.1) is 0 Å². The van der Waals surface area contributed by atoms with E-state index >= 15 is 0 Å². The first-order valence-electron chi connectivity index (χ1n) is 5.77. The third-order valence-electron chi connectivity index (χ3n) is 2.28. The molecule has 1 aromatic carbocycles. The first-order valence-corrected chi connectivity index (χ1v) is 7.13. The van der Waals surface area contributed by atoms with Gasteiger partial charge in [-0.2, -0.15) is 0 Å². The van der Waals surface area contributed by atoms with Crippen LogP contribution in [-0.2, 0) is 11.3 Å². The molecule has 0 aliphatic rings. The molecule has 0 saturated carbocycles. The zero-order chi connectivity index (χ0) is 12.7. The predicted octanol–water partition coefficient (Wildman–Crippen LogP) is 3.58. The summed E-state index contributed by atoms with van der Waals surface area (Å²) in [5.74, 6) is 0.955. The number of nitrogens with one attached hydrogen (secondary N) is 1. The molecule has 1 N–H and O–H groups in total. The van der Waals surface area contributed by atoms with Crippen molar-refractivity contribution in [1.82, 2.24) is 5.32 Å². The first-order chi connectivity index (χ1) is 8.13. The Labute approximate surface area is 113 Å². The number of ether oxygens (including phenoxy) is 1. The molecule has 1 aromatic rings. The summed E-state index contributed by atoms with van der Waals surface area (Å²) in [5.41, 5.74) is 1.15. The minimum atomic E-state index is 0.474. The van der Waals surface area contributed by atoms with Gasteiger partial charge in [0.1, 0.15) is 0 Å². The van der Waals surface area contributed by atoms with E-state index in [1.54, 1.807) is 18.9 Å². The molecule has 0 saturated heterocycles. The molecule has 0 radical (unpaired) electrons. The lowest BCUT2D eigenvalue weighted by molar-refractivity contribution is 0.218. The van der Waals surface area contributed by atoms with Crippen molar-refractivity contribution in [3.8, 4) is 0 Å². The monoisotopic (exact) mass is 273 g/mol. The van der Waals surface area contributed by atoms with Crippen molar-refractivity contribution < 1.29 is 4.74 Å². The van der Waals surface area contributed by atoms with E-state index in [0.29, 0.717) is 6.04 Å². The molecule has 0 heterocycles. The van der Waals surface area contributed by atoms with Crippen LogP contribution in [0.4, 0.5) is 0 Å². The summed E-state index contributed by atoms with van der Waals surface area (Å²) < 4.78 is 5.02. The zero-order valence-corrected chi connectivity index (χ0v) is 12.2. The number of hydrogen-bond acceptors (Lipinski definition) is 3. The van der Waals surface area contributed by atoms with Gasteiger partial charge in [-0.1, -0.05) is 31.5 Å². The van der Waals surface area contributed by atoms with Gasteiger partial charge in [0.15, 0.2) is 0 Å². The van der Waals surface area contributed by atoms with E-state index in [-0.39, 0.29) is 0 Å². The van der Waals surface area contributed by atoms with E-state index < -0.39 is 0 Å². The summed E-state index contributed by atoms with van der Waals surface area (Å²) in [4.78, 5) is 1.19. The molecule has 0 unspecified atom stereocenters. The van der Waals surface area contributed by atoms with Gasteiger partial charge >= 0.3 is 0 Å². The fraction of sp³-hybridized carbons (Fsp3) is 0.538. The van der Waals surface area contributed by atoms with Crippen LogP contribution in [0.2, 0.25) is 5.02 Å². The highest BCUT2D eigenvalue weighted by Gasteiger charge is 2.03. The third kappa shape index (κ3) is 5.77. The van der Waals surface area contributed by atoms with Crippen molar-refractivity contribution >= 4 is 23.4 Å². The predicted molar refractivity (Wildman–Crippen MR) is 76.0 cm³/mol. The van der Waals surface area contributed by atoms with Gasteiger partial charge in [0.25, 0.3) is 0 Å². The van der Waals surface area contributed by atoms with Gasteiger partial charge in [0, 0.05) is 35.4 Å². The molecule has 0 fully saturated rings. The first kappa shape index (κ1) is 14.8. The van der Waals surface area contributed by atoms with Crippen LogP contribution in [0.25, 0.3) is 0 Å². The van der Waals surface area contributed by atoms with Gasteiger partial charge < -0.3 is 10.1 Å². The highest BCUT2D eigenvalue weighted by Crippen LogP contribution is 2.24. The van der Waals surface area contributed by atoms with E-state index in [0.717, 1.165) is 29.5 Å². The lowest BCUT2D eigenvalue weighted by Gasteiger charge is -2.10. The Morgan fingerprint density at radius 2 is 2.18 bits per heavy atom. The van der Waals surface area contributed by atoms with Crippen LogP contribution < -0.4 is 5.32 Å². The number of rotatable bonds is 7. The lowest BCUT2D eigenvalue weighted by Crippen LogP contribution is -2.21. The van der Waals surface area contributed by atoms with Crippen LogP contribution in [0.1, 0.15) is 19.4 Å². The summed E-state index contributed by atoms with van der Waals surface area (Å²) in [5, 5.41) is 4.20. The topological polar surface area (TPSA) is 21.3 Å². The minimum absolute atomic E-state index is 0.474. The molecule has 0 bridgehead atoms. The maximum Gasteiger partial charge on any atom is 0.0556 e. The van der Waals surface area contributed by atoms with Crippen LogP contribution in [0.3, 0.4) is 0 Å². The second-order valence-electron chi connectivity index (χ2n) is 4.13. The Hall–Kier alpha value is -0.220. The van der Waals surface area contributed by atoms with Crippen molar-refractivity contribution in [2.75, 3.05) is 19.5 Å². The van der Waals surface area contributed by atoms with Crippen molar-refractivity contribution in [2.45, 2.75) is 31.3 Å². The van der Waals surface area contributed by atoms with E-state index in [4.69, 9.17) is 16.3 Å². The van der Waals surface area contributed by atoms with E-state index in [9.17, 15) is 0 Å². The molecule has 1 rings (SSSR count). The van der Waals surface area contributed by atoms with E-state index in [1.165, 1.54) is 4.90 Å². The number of thioether (sulfide) groups is 1. The summed E-state index contributed by atoms with van der Waals surface area (Å²) in [6.45, 7) is 5.84.